The average molecular weight is 270 g/mol. The maximum absolute atomic E-state index is 11.9. The Morgan fingerprint density at radius 3 is 2.76 bits per heavy atom. The van der Waals surface area contributed by atoms with Gasteiger partial charge in [-0.15, -0.1) is 11.3 Å². The van der Waals surface area contributed by atoms with Gasteiger partial charge in [-0.05, 0) is 12.1 Å². The van der Waals surface area contributed by atoms with Gasteiger partial charge in [-0.2, -0.15) is 0 Å². The SMILES string of the molecule is NCc1ccc(S(=O)(=O)Nc2cnccn2)s1. The lowest BCUT2D eigenvalue weighted by molar-refractivity contribution is 0.603. The predicted octanol–water partition coefficient (Wildman–Crippen LogP) is 0.798. The van der Waals surface area contributed by atoms with Crippen molar-refractivity contribution in [2.24, 2.45) is 5.73 Å². The Labute approximate surface area is 103 Å². The highest BCUT2D eigenvalue weighted by Crippen LogP contribution is 2.22. The second-order valence-corrected chi connectivity index (χ2v) is 6.20. The van der Waals surface area contributed by atoms with Crippen LogP contribution in [0.15, 0.2) is 34.9 Å². The summed E-state index contributed by atoms with van der Waals surface area (Å²) >= 11 is 1.14. The molecule has 90 valence electrons. The Morgan fingerprint density at radius 2 is 2.18 bits per heavy atom. The fourth-order valence-corrected chi connectivity index (χ4v) is 3.38. The Morgan fingerprint density at radius 1 is 1.35 bits per heavy atom. The van der Waals surface area contributed by atoms with Gasteiger partial charge in [-0.3, -0.25) is 9.71 Å². The van der Waals surface area contributed by atoms with Gasteiger partial charge in [0.15, 0.2) is 5.82 Å². The van der Waals surface area contributed by atoms with Gasteiger partial charge in [0, 0.05) is 23.8 Å². The lowest BCUT2D eigenvalue weighted by Gasteiger charge is -2.03. The highest BCUT2D eigenvalue weighted by atomic mass is 32.2. The van der Waals surface area contributed by atoms with Gasteiger partial charge in [-0.1, -0.05) is 0 Å². The van der Waals surface area contributed by atoms with E-state index in [-0.39, 0.29) is 10.0 Å². The molecule has 0 aliphatic heterocycles. The number of anilines is 1. The van der Waals surface area contributed by atoms with Gasteiger partial charge in [0.05, 0.1) is 6.20 Å². The summed E-state index contributed by atoms with van der Waals surface area (Å²) < 4.78 is 26.4. The summed E-state index contributed by atoms with van der Waals surface area (Å²) in [4.78, 5) is 8.43. The molecule has 2 rings (SSSR count). The van der Waals surface area contributed by atoms with Gasteiger partial charge in [0.25, 0.3) is 10.0 Å². The molecule has 8 heteroatoms. The van der Waals surface area contributed by atoms with E-state index in [1.54, 1.807) is 6.07 Å². The molecule has 2 aromatic rings. The molecule has 6 nitrogen and oxygen atoms in total. The summed E-state index contributed by atoms with van der Waals surface area (Å²) in [6, 6.07) is 3.21. The van der Waals surface area contributed by atoms with E-state index < -0.39 is 10.0 Å². The molecule has 0 spiro atoms. The molecule has 0 atom stereocenters. The van der Waals surface area contributed by atoms with E-state index >= 15 is 0 Å². The van der Waals surface area contributed by atoms with Gasteiger partial charge >= 0.3 is 0 Å². The number of hydrogen-bond acceptors (Lipinski definition) is 6. The molecule has 2 heterocycles. The first-order valence-electron chi connectivity index (χ1n) is 4.69. The van der Waals surface area contributed by atoms with Crippen molar-refractivity contribution in [2.45, 2.75) is 10.8 Å². The van der Waals surface area contributed by atoms with Crippen molar-refractivity contribution in [1.29, 1.82) is 0 Å². The van der Waals surface area contributed by atoms with Gasteiger partial charge in [0.1, 0.15) is 4.21 Å². The normalized spacial score (nSPS) is 11.4. The van der Waals surface area contributed by atoms with E-state index in [0.29, 0.717) is 6.54 Å². The lowest BCUT2D eigenvalue weighted by atomic mass is 10.5. The van der Waals surface area contributed by atoms with Crippen molar-refractivity contribution >= 4 is 27.2 Å². The number of sulfonamides is 1. The van der Waals surface area contributed by atoms with E-state index in [1.165, 1.54) is 24.7 Å². The number of hydrogen-bond donors (Lipinski definition) is 2. The molecule has 0 aliphatic rings. The predicted molar refractivity (Wildman–Crippen MR) is 65.1 cm³/mol. The zero-order chi connectivity index (χ0) is 12.3. The van der Waals surface area contributed by atoms with Crippen molar-refractivity contribution in [3.05, 3.63) is 35.6 Å². The topological polar surface area (TPSA) is 98.0 Å². The largest absolute Gasteiger partial charge is 0.326 e. The Balaban J connectivity index is 2.25. The lowest BCUT2D eigenvalue weighted by Crippen LogP contribution is -2.12. The van der Waals surface area contributed by atoms with Gasteiger partial charge in [-0.25, -0.2) is 13.4 Å². The van der Waals surface area contributed by atoms with Crippen LogP contribution in [0.25, 0.3) is 0 Å². The third-order valence-electron chi connectivity index (χ3n) is 1.91. The van der Waals surface area contributed by atoms with Gasteiger partial charge in [0.2, 0.25) is 0 Å². The molecule has 0 saturated heterocycles. The molecule has 0 fully saturated rings. The van der Waals surface area contributed by atoms with Crippen LogP contribution in [0.3, 0.4) is 0 Å². The zero-order valence-corrected chi connectivity index (χ0v) is 10.3. The smallest absolute Gasteiger partial charge is 0.272 e. The third kappa shape index (κ3) is 2.78. The summed E-state index contributed by atoms with van der Waals surface area (Å²) in [6.45, 7) is 0.325. The van der Waals surface area contributed by atoms with Crippen LogP contribution >= 0.6 is 11.3 Å². The quantitative estimate of drug-likeness (QED) is 0.856. The Hall–Kier alpha value is -1.51. The molecular formula is C9H10N4O2S2. The number of aromatic nitrogens is 2. The Bertz CT molecular complexity index is 594. The van der Waals surface area contributed by atoms with Crippen LogP contribution in [0.2, 0.25) is 0 Å². The first kappa shape index (κ1) is 12.0. The fourth-order valence-electron chi connectivity index (χ4n) is 1.15. The van der Waals surface area contributed by atoms with E-state index in [4.69, 9.17) is 5.73 Å². The summed E-state index contributed by atoms with van der Waals surface area (Å²) in [5, 5.41) is 0. The molecule has 0 amide bonds. The average Bonchev–Trinajstić information content (AvgIpc) is 2.79. The van der Waals surface area contributed by atoms with Crippen molar-refractivity contribution in [2.75, 3.05) is 4.72 Å². The van der Waals surface area contributed by atoms with Crippen molar-refractivity contribution in [3.8, 4) is 0 Å². The van der Waals surface area contributed by atoms with Crippen molar-refractivity contribution in [1.82, 2.24) is 9.97 Å². The minimum absolute atomic E-state index is 0.190. The zero-order valence-electron chi connectivity index (χ0n) is 8.70. The molecule has 0 unspecified atom stereocenters. The van der Waals surface area contributed by atoms with Crippen LogP contribution in [0.1, 0.15) is 4.88 Å². The van der Waals surface area contributed by atoms with Gasteiger partial charge < -0.3 is 5.73 Å². The molecule has 0 aliphatic carbocycles. The Kier molecular flexibility index (Phi) is 3.36. The van der Waals surface area contributed by atoms with Crippen molar-refractivity contribution in [3.63, 3.8) is 0 Å². The fraction of sp³-hybridized carbons (Fsp3) is 0.111. The summed E-state index contributed by atoms with van der Waals surface area (Å²) in [5.41, 5.74) is 5.43. The molecule has 3 N–H and O–H groups in total. The second-order valence-electron chi connectivity index (χ2n) is 3.12. The van der Waals surface area contributed by atoms with E-state index in [0.717, 1.165) is 16.2 Å². The molecule has 17 heavy (non-hydrogen) atoms. The third-order valence-corrected chi connectivity index (χ3v) is 4.86. The van der Waals surface area contributed by atoms with Crippen LogP contribution in [0.5, 0.6) is 0 Å². The number of nitrogens with one attached hydrogen (secondary N) is 1. The maximum atomic E-state index is 11.9. The van der Waals surface area contributed by atoms with Crippen LogP contribution in [-0.2, 0) is 16.6 Å². The highest BCUT2D eigenvalue weighted by Gasteiger charge is 2.17. The molecular weight excluding hydrogens is 260 g/mol. The monoisotopic (exact) mass is 270 g/mol. The maximum Gasteiger partial charge on any atom is 0.272 e. The number of nitrogens with two attached hydrogens (primary N) is 1. The number of thiophene rings is 1. The van der Waals surface area contributed by atoms with Crippen LogP contribution in [0, 0.1) is 0 Å². The van der Waals surface area contributed by atoms with Crippen LogP contribution in [-0.4, -0.2) is 18.4 Å². The first-order valence-corrected chi connectivity index (χ1v) is 6.99. The van der Waals surface area contributed by atoms with E-state index in [9.17, 15) is 8.42 Å². The molecule has 0 bridgehead atoms. The second kappa shape index (κ2) is 4.78. The molecule has 0 saturated carbocycles. The molecule has 0 aromatic carbocycles. The van der Waals surface area contributed by atoms with Crippen LogP contribution < -0.4 is 10.5 Å². The number of rotatable bonds is 4. The number of nitrogens with zero attached hydrogens (tertiary/aromatic N) is 2. The minimum atomic E-state index is -3.59. The standard InChI is InChI=1S/C9H10N4O2S2/c10-5-7-1-2-9(16-7)17(14,15)13-8-6-11-3-4-12-8/h1-4,6H,5,10H2,(H,12,13). The summed E-state index contributed by atoms with van der Waals surface area (Å²) in [5.74, 6) is 0.190. The highest BCUT2D eigenvalue weighted by molar-refractivity contribution is 7.94. The summed E-state index contributed by atoms with van der Waals surface area (Å²) in [6.07, 6.45) is 4.22. The first-order chi connectivity index (χ1) is 8.12. The van der Waals surface area contributed by atoms with Crippen LogP contribution in [0.4, 0.5) is 5.82 Å². The van der Waals surface area contributed by atoms with E-state index in [1.807, 2.05) is 0 Å². The van der Waals surface area contributed by atoms with E-state index in [2.05, 4.69) is 14.7 Å². The molecule has 2 aromatic heterocycles. The van der Waals surface area contributed by atoms with Crippen molar-refractivity contribution < 1.29 is 8.42 Å². The summed E-state index contributed by atoms with van der Waals surface area (Å²) in [7, 11) is -3.59. The molecule has 0 radical (unpaired) electrons. The minimum Gasteiger partial charge on any atom is -0.326 e.